The fourth-order valence-corrected chi connectivity index (χ4v) is 4.47. The van der Waals surface area contributed by atoms with Gasteiger partial charge >= 0.3 is 0 Å². The first-order chi connectivity index (χ1) is 12.7. The van der Waals surface area contributed by atoms with Crippen LogP contribution in [-0.2, 0) is 22.3 Å². The number of methoxy groups -OCH3 is 1. The zero-order valence-corrected chi connectivity index (χ0v) is 17.9. The maximum Gasteiger partial charge on any atom is 0.252 e. The van der Waals surface area contributed by atoms with Crippen molar-refractivity contribution in [2.45, 2.75) is 32.2 Å². The van der Waals surface area contributed by atoms with Gasteiger partial charge in [0.25, 0.3) is 5.91 Å². The van der Waals surface area contributed by atoms with Crippen molar-refractivity contribution in [2.24, 2.45) is 0 Å². The second kappa shape index (κ2) is 9.34. The van der Waals surface area contributed by atoms with E-state index in [0.29, 0.717) is 21.3 Å². The van der Waals surface area contributed by atoms with Crippen molar-refractivity contribution < 1.29 is 17.9 Å². The van der Waals surface area contributed by atoms with Gasteiger partial charge < -0.3 is 10.1 Å². The van der Waals surface area contributed by atoms with E-state index >= 15 is 0 Å². The number of rotatable bonds is 8. The highest BCUT2D eigenvalue weighted by Gasteiger charge is 2.16. The average Bonchev–Trinajstić information content (AvgIpc) is 2.59. The summed E-state index contributed by atoms with van der Waals surface area (Å²) in [5.74, 6) is 0.161. The topological polar surface area (TPSA) is 84.5 Å². The van der Waals surface area contributed by atoms with Gasteiger partial charge in [-0.25, -0.2) is 13.1 Å². The van der Waals surface area contributed by atoms with Gasteiger partial charge in [-0.1, -0.05) is 24.3 Å². The van der Waals surface area contributed by atoms with Gasteiger partial charge in [-0.3, -0.25) is 4.79 Å². The summed E-state index contributed by atoms with van der Waals surface area (Å²) in [5, 5.41) is 2.83. The Bertz CT molecular complexity index is 914. The number of halogens is 1. The highest BCUT2D eigenvalue weighted by atomic mass is 79.9. The standard InChI is InChI=1S/C19H23BrN2O4S/c1-13(2)22-27(24,25)12-15-7-5-4-6-14(15)11-21-19(23)17-10-16(26-3)8-9-18(17)20/h4-10,13,22H,11-12H2,1-3H3,(H,21,23). The van der Waals surface area contributed by atoms with Crippen LogP contribution in [0.25, 0.3) is 0 Å². The summed E-state index contributed by atoms with van der Waals surface area (Å²) in [7, 11) is -1.92. The molecule has 0 spiro atoms. The Kier molecular flexibility index (Phi) is 7.41. The van der Waals surface area contributed by atoms with Crippen LogP contribution in [-0.4, -0.2) is 27.5 Å². The Labute approximate surface area is 168 Å². The first-order valence-corrected chi connectivity index (χ1v) is 10.8. The summed E-state index contributed by atoms with van der Waals surface area (Å²) in [6.07, 6.45) is 0. The molecule has 8 heteroatoms. The Balaban J connectivity index is 2.14. The van der Waals surface area contributed by atoms with Crippen LogP contribution in [0.2, 0.25) is 0 Å². The van der Waals surface area contributed by atoms with E-state index in [9.17, 15) is 13.2 Å². The molecule has 0 saturated heterocycles. The molecule has 2 N–H and O–H groups in total. The molecule has 0 aliphatic carbocycles. The molecule has 0 fully saturated rings. The Morgan fingerprint density at radius 2 is 1.81 bits per heavy atom. The van der Waals surface area contributed by atoms with Gasteiger partial charge in [0.2, 0.25) is 10.0 Å². The molecule has 1 amide bonds. The number of nitrogens with one attached hydrogen (secondary N) is 2. The number of carbonyl (C=O) groups is 1. The second-order valence-corrected chi connectivity index (χ2v) is 8.94. The zero-order chi connectivity index (χ0) is 20.0. The molecule has 146 valence electrons. The molecule has 0 aliphatic heterocycles. The van der Waals surface area contributed by atoms with E-state index in [2.05, 4.69) is 26.0 Å². The van der Waals surface area contributed by atoms with Crippen molar-refractivity contribution in [2.75, 3.05) is 7.11 Å². The molecule has 0 heterocycles. The molecular formula is C19H23BrN2O4S. The Morgan fingerprint density at radius 3 is 2.44 bits per heavy atom. The third-order valence-corrected chi connectivity index (χ3v) is 5.95. The van der Waals surface area contributed by atoms with Crippen molar-refractivity contribution in [3.05, 3.63) is 63.6 Å². The number of amides is 1. The lowest BCUT2D eigenvalue weighted by Gasteiger charge is -2.14. The largest absolute Gasteiger partial charge is 0.497 e. The fraction of sp³-hybridized carbons (Fsp3) is 0.316. The van der Waals surface area contributed by atoms with Crippen LogP contribution >= 0.6 is 15.9 Å². The molecule has 2 aromatic rings. The van der Waals surface area contributed by atoms with Crippen LogP contribution in [0.3, 0.4) is 0 Å². The van der Waals surface area contributed by atoms with Crippen LogP contribution in [0.4, 0.5) is 0 Å². The second-order valence-electron chi connectivity index (χ2n) is 6.33. The van der Waals surface area contributed by atoms with E-state index in [0.717, 1.165) is 5.56 Å². The normalized spacial score (nSPS) is 11.4. The van der Waals surface area contributed by atoms with Gasteiger partial charge in [-0.05, 0) is 59.1 Å². The van der Waals surface area contributed by atoms with Crippen molar-refractivity contribution in [1.29, 1.82) is 0 Å². The molecule has 0 radical (unpaired) electrons. The number of hydrogen-bond acceptors (Lipinski definition) is 4. The summed E-state index contributed by atoms with van der Waals surface area (Å²) in [4.78, 5) is 12.5. The van der Waals surface area contributed by atoms with Crippen LogP contribution < -0.4 is 14.8 Å². The van der Waals surface area contributed by atoms with E-state index in [1.807, 2.05) is 6.07 Å². The third-order valence-electron chi connectivity index (χ3n) is 3.74. The molecular weight excluding hydrogens is 432 g/mol. The minimum absolute atomic E-state index is 0.139. The molecule has 0 aromatic heterocycles. The molecule has 6 nitrogen and oxygen atoms in total. The van der Waals surface area contributed by atoms with Gasteiger partial charge in [0.15, 0.2) is 0 Å². The number of carbonyl (C=O) groups excluding carboxylic acids is 1. The molecule has 27 heavy (non-hydrogen) atoms. The SMILES string of the molecule is COc1ccc(Br)c(C(=O)NCc2ccccc2CS(=O)(=O)NC(C)C)c1. The predicted molar refractivity (Wildman–Crippen MR) is 109 cm³/mol. The lowest BCUT2D eigenvalue weighted by Crippen LogP contribution is -2.32. The molecule has 2 aromatic carbocycles. The lowest BCUT2D eigenvalue weighted by molar-refractivity contribution is 0.0949. The summed E-state index contributed by atoms with van der Waals surface area (Å²) < 4.78 is 32.8. The zero-order valence-electron chi connectivity index (χ0n) is 15.5. The lowest BCUT2D eigenvalue weighted by atomic mass is 10.1. The van der Waals surface area contributed by atoms with Gasteiger partial charge in [0.1, 0.15) is 5.75 Å². The van der Waals surface area contributed by atoms with Gasteiger partial charge in [0, 0.05) is 17.1 Å². The van der Waals surface area contributed by atoms with E-state index in [4.69, 9.17) is 4.74 Å². The molecule has 0 aliphatic rings. The van der Waals surface area contributed by atoms with E-state index < -0.39 is 10.0 Å². The summed E-state index contributed by atoms with van der Waals surface area (Å²) in [5.41, 5.74) is 1.84. The molecule has 2 rings (SSSR count). The van der Waals surface area contributed by atoms with Crippen molar-refractivity contribution >= 4 is 31.9 Å². The molecule has 0 unspecified atom stereocenters. The van der Waals surface area contributed by atoms with Gasteiger partial charge in [0.05, 0.1) is 18.4 Å². The van der Waals surface area contributed by atoms with Crippen molar-refractivity contribution in [1.82, 2.24) is 10.0 Å². The molecule has 0 bridgehead atoms. The number of hydrogen-bond donors (Lipinski definition) is 2. The highest BCUT2D eigenvalue weighted by molar-refractivity contribution is 9.10. The minimum atomic E-state index is -3.45. The summed E-state index contributed by atoms with van der Waals surface area (Å²) in [6, 6.07) is 12.1. The van der Waals surface area contributed by atoms with Crippen LogP contribution in [0, 0.1) is 0 Å². The van der Waals surface area contributed by atoms with Crippen LogP contribution in [0.15, 0.2) is 46.9 Å². The first-order valence-electron chi connectivity index (χ1n) is 8.40. The number of benzene rings is 2. The predicted octanol–water partition coefficient (Wildman–Crippen LogP) is 3.22. The first kappa shape index (κ1) is 21.4. The summed E-state index contributed by atoms with van der Waals surface area (Å²) >= 11 is 3.36. The van der Waals surface area contributed by atoms with E-state index in [1.165, 1.54) is 7.11 Å². The highest BCUT2D eigenvalue weighted by Crippen LogP contribution is 2.22. The smallest absolute Gasteiger partial charge is 0.252 e. The Morgan fingerprint density at radius 1 is 1.15 bits per heavy atom. The quantitative estimate of drug-likeness (QED) is 0.641. The van der Waals surface area contributed by atoms with Gasteiger partial charge in [-0.2, -0.15) is 0 Å². The maximum absolute atomic E-state index is 12.5. The average molecular weight is 455 g/mol. The molecule has 0 atom stereocenters. The van der Waals surface area contributed by atoms with E-state index in [1.54, 1.807) is 50.2 Å². The summed E-state index contributed by atoms with van der Waals surface area (Å²) in [6.45, 7) is 3.77. The van der Waals surface area contributed by atoms with E-state index in [-0.39, 0.29) is 24.2 Å². The maximum atomic E-state index is 12.5. The van der Waals surface area contributed by atoms with Gasteiger partial charge in [-0.15, -0.1) is 0 Å². The van der Waals surface area contributed by atoms with Crippen molar-refractivity contribution in [3.63, 3.8) is 0 Å². The van der Waals surface area contributed by atoms with Crippen molar-refractivity contribution in [3.8, 4) is 5.75 Å². The monoisotopic (exact) mass is 454 g/mol. The number of ether oxygens (including phenoxy) is 1. The van der Waals surface area contributed by atoms with Crippen LogP contribution in [0.5, 0.6) is 5.75 Å². The number of sulfonamides is 1. The Hall–Kier alpha value is -1.90. The molecule has 0 saturated carbocycles. The van der Waals surface area contributed by atoms with Crippen LogP contribution in [0.1, 0.15) is 35.3 Å². The minimum Gasteiger partial charge on any atom is -0.497 e. The fourth-order valence-electron chi connectivity index (χ4n) is 2.55. The third kappa shape index (κ3) is 6.34.